The number of fused-ring (bicyclic) bond motifs is 3. The molecule has 1 unspecified atom stereocenters. The number of nitrogens with zero attached hydrogens (tertiary/aromatic N) is 5. The summed E-state index contributed by atoms with van der Waals surface area (Å²) < 4.78 is 8.80. The molecule has 7 nitrogen and oxygen atoms in total. The molecule has 0 saturated carbocycles. The molecule has 4 aromatic rings. The van der Waals surface area contributed by atoms with Crippen LogP contribution in [-0.2, 0) is 11.3 Å². The Kier molecular flexibility index (Phi) is 5.40. The minimum absolute atomic E-state index is 0.0524. The van der Waals surface area contributed by atoms with E-state index in [0.717, 1.165) is 22.7 Å². The molecule has 0 saturated heterocycles. The molecule has 1 atom stereocenters. The van der Waals surface area contributed by atoms with Gasteiger partial charge in [0.25, 0.3) is 5.56 Å². The molecule has 28 heavy (non-hydrogen) atoms. The van der Waals surface area contributed by atoms with Gasteiger partial charge in [-0.15, -0.1) is 10.2 Å². The molecule has 3 aromatic heterocycles. The van der Waals surface area contributed by atoms with Crippen LogP contribution in [0.4, 0.5) is 0 Å². The molecule has 8 heteroatoms. The molecule has 3 heterocycles. The van der Waals surface area contributed by atoms with Crippen LogP contribution >= 0.6 is 11.8 Å². The van der Waals surface area contributed by atoms with Gasteiger partial charge in [-0.05, 0) is 37.1 Å². The number of hydrogen-bond donors (Lipinski definition) is 0. The van der Waals surface area contributed by atoms with E-state index in [-0.39, 0.29) is 10.8 Å². The van der Waals surface area contributed by atoms with Gasteiger partial charge in [-0.2, -0.15) is 0 Å². The van der Waals surface area contributed by atoms with Crippen molar-refractivity contribution in [3.8, 4) is 0 Å². The van der Waals surface area contributed by atoms with E-state index < -0.39 is 0 Å². The smallest absolute Gasteiger partial charge is 0.262 e. The van der Waals surface area contributed by atoms with E-state index in [0.29, 0.717) is 24.3 Å². The predicted molar refractivity (Wildman–Crippen MR) is 110 cm³/mol. The molecule has 0 radical (unpaired) electrons. The molecule has 0 N–H and O–H groups in total. The quantitative estimate of drug-likeness (QED) is 0.353. The number of benzene rings is 1. The van der Waals surface area contributed by atoms with Gasteiger partial charge < -0.3 is 4.74 Å². The SMILES string of the molecule is COCCCn1c(=O)c2ccccc2n2c(SC(C)c3cccnc3)nnc12. The van der Waals surface area contributed by atoms with Crippen molar-refractivity contribution >= 4 is 28.4 Å². The van der Waals surface area contributed by atoms with Gasteiger partial charge >= 0.3 is 0 Å². The first-order valence-corrected chi connectivity index (χ1v) is 10.0. The molecule has 0 bridgehead atoms. The second-order valence-electron chi connectivity index (χ2n) is 6.48. The summed E-state index contributed by atoms with van der Waals surface area (Å²) >= 11 is 1.60. The van der Waals surface area contributed by atoms with Crippen molar-refractivity contribution in [1.29, 1.82) is 0 Å². The third-order valence-electron chi connectivity index (χ3n) is 4.64. The highest BCUT2D eigenvalue weighted by Gasteiger charge is 2.19. The Morgan fingerprint density at radius 1 is 1.18 bits per heavy atom. The Morgan fingerprint density at radius 2 is 2.04 bits per heavy atom. The largest absolute Gasteiger partial charge is 0.385 e. The lowest BCUT2D eigenvalue weighted by Gasteiger charge is -2.13. The highest BCUT2D eigenvalue weighted by Crippen LogP contribution is 2.34. The number of aromatic nitrogens is 5. The monoisotopic (exact) mass is 395 g/mol. The summed E-state index contributed by atoms with van der Waals surface area (Å²) in [5.74, 6) is 0.556. The van der Waals surface area contributed by atoms with Gasteiger partial charge in [0.15, 0.2) is 5.16 Å². The molecule has 0 amide bonds. The highest BCUT2D eigenvalue weighted by atomic mass is 32.2. The average Bonchev–Trinajstić information content (AvgIpc) is 3.14. The maximum Gasteiger partial charge on any atom is 0.262 e. The molecule has 4 rings (SSSR count). The van der Waals surface area contributed by atoms with Crippen LogP contribution in [0.15, 0.2) is 58.7 Å². The fraction of sp³-hybridized carbons (Fsp3) is 0.300. The van der Waals surface area contributed by atoms with Gasteiger partial charge in [-0.3, -0.25) is 18.7 Å². The lowest BCUT2D eigenvalue weighted by atomic mass is 10.2. The third-order valence-corrected chi connectivity index (χ3v) is 5.75. The van der Waals surface area contributed by atoms with Crippen LogP contribution in [0, 0.1) is 0 Å². The van der Waals surface area contributed by atoms with Crippen molar-refractivity contribution in [3.05, 3.63) is 64.7 Å². The lowest BCUT2D eigenvalue weighted by molar-refractivity contribution is 0.190. The average molecular weight is 395 g/mol. The second kappa shape index (κ2) is 8.12. The summed E-state index contributed by atoms with van der Waals surface area (Å²) in [6.07, 6.45) is 4.35. The van der Waals surface area contributed by atoms with E-state index in [1.54, 1.807) is 29.6 Å². The van der Waals surface area contributed by atoms with Crippen LogP contribution in [0.2, 0.25) is 0 Å². The zero-order valence-corrected chi connectivity index (χ0v) is 16.6. The number of para-hydroxylation sites is 1. The Morgan fingerprint density at radius 3 is 2.82 bits per heavy atom. The van der Waals surface area contributed by atoms with Crippen molar-refractivity contribution in [1.82, 2.24) is 24.1 Å². The molecule has 1 aromatic carbocycles. The molecule has 0 aliphatic carbocycles. The summed E-state index contributed by atoms with van der Waals surface area (Å²) in [6.45, 7) is 3.22. The Labute approximate surface area is 166 Å². The van der Waals surface area contributed by atoms with Gasteiger partial charge in [0.1, 0.15) is 0 Å². The second-order valence-corrected chi connectivity index (χ2v) is 7.79. The number of hydrogen-bond acceptors (Lipinski definition) is 6. The van der Waals surface area contributed by atoms with Crippen molar-refractivity contribution < 1.29 is 4.74 Å². The van der Waals surface area contributed by atoms with Crippen molar-refractivity contribution in [2.24, 2.45) is 0 Å². The predicted octanol–water partition coefficient (Wildman–Crippen LogP) is 3.33. The van der Waals surface area contributed by atoms with Crippen molar-refractivity contribution in [3.63, 3.8) is 0 Å². The van der Waals surface area contributed by atoms with E-state index in [1.165, 1.54) is 0 Å². The van der Waals surface area contributed by atoms with E-state index in [2.05, 4.69) is 22.1 Å². The molecule has 0 aliphatic rings. The zero-order valence-electron chi connectivity index (χ0n) is 15.8. The minimum Gasteiger partial charge on any atom is -0.385 e. The summed E-state index contributed by atoms with van der Waals surface area (Å²) in [5, 5.41) is 10.3. The first-order chi connectivity index (χ1) is 13.7. The molecule has 0 spiro atoms. The topological polar surface area (TPSA) is 74.3 Å². The standard InChI is InChI=1S/C20H21N5O2S/c1-14(15-7-5-10-21-13-15)28-20-23-22-19-24(11-6-12-27-2)18(26)16-8-3-4-9-17(16)25(19)20/h3-5,7-10,13-14H,6,11-12H2,1-2H3. The zero-order chi connectivity index (χ0) is 19.5. The highest BCUT2D eigenvalue weighted by molar-refractivity contribution is 7.99. The van der Waals surface area contributed by atoms with E-state index in [9.17, 15) is 4.79 Å². The van der Waals surface area contributed by atoms with E-state index in [1.807, 2.05) is 47.0 Å². The van der Waals surface area contributed by atoms with Crippen LogP contribution in [0.1, 0.15) is 24.2 Å². The van der Waals surface area contributed by atoms with Gasteiger partial charge in [0.05, 0.1) is 10.9 Å². The van der Waals surface area contributed by atoms with Crippen LogP contribution < -0.4 is 5.56 Å². The first kappa shape index (κ1) is 18.6. The molecule has 0 fully saturated rings. The normalized spacial score (nSPS) is 12.6. The van der Waals surface area contributed by atoms with Crippen LogP contribution in [0.5, 0.6) is 0 Å². The summed E-state index contributed by atoms with van der Waals surface area (Å²) in [7, 11) is 1.66. The maximum absolute atomic E-state index is 13.0. The van der Waals surface area contributed by atoms with E-state index in [4.69, 9.17) is 4.74 Å². The van der Waals surface area contributed by atoms with Crippen molar-refractivity contribution in [2.75, 3.05) is 13.7 Å². The van der Waals surface area contributed by atoms with Gasteiger partial charge in [-0.1, -0.05) is 30.0 Å². The Balaban J connectivity index is 1.84. The number of methoxy groups -OCH3 is 1. The maximum atomic E-state index is 13.0. The number of thioether (sulfide) groups is 1. The molecule has 0 aliphatic heterocycles. The van der Waals surface area contributed by atoms with Crippen LogP contribution in [0.25, 0.3) is 16.7 Å². The Bertz CT molecular complexity index is 1160. The number of pyridine rings is 1. The summed E-state index contributed by atoms with van der Waals surface area (Å²) in [5.41, 5.74) is 1.88. The lowest BCUT2D eigenvalue weighted by Crippen LogP contribution is -2.24. The number of rotatable bonds is 7. The fourth-order valence-corrected chi connectivity index (χ4v) is 4.19. The number of ether oxygens (including phenoxy) is 1. The third kappa shape index (κ3) is 3.41. The van der Waals surface area contributed by atoms with Gasteiger partial charge in [0, 0.05) is 37.9 Å². The summed E-state index contributed by atoms with van der Waals surface area (Å²) in [6, 6.07) is 11.6. The van der Waals surface area contributed by atoms with Crippen LogP contribution in [0.3, 0.4) is 0 Å². The number of aryl methyl sites for hydroxylation is 1. The summed E-state index contributed by atoms with van der Waals surface area (Å²) in [4.78, 5) is 17.2. The fourth-order valence-electron chi connectivity index (χ4n) is 3.22. The van der Waals surface area contributed by atoms with E-state index >= 15 is 0 Å². The molecule has 144 valence electrons. The van der Waals surface area contributed by atoms with Crippen molar-refractivity contribution in [2.45, 2.75) is 30.3 Å². The Hall–Kier alpha value is -2.71. The van der Waals surface area contributed by atoms with Gasteiger partial charge in [0.2, 0.25) is 5.78 Å². The first-order valence-electron chi connectivity index (χ1n) is 9.13. The minimum atomic E-state index is -0.0524. The van der Waals surface area contributed by atoms with Gasteiger partial charge in [-0.25, -0.2) is 0 Å². The van der Waals surface area contributed by atoms with Crippen LogP contribution in [-0.4, -0.2) is 37.9 Å². The molecular weight excluding hydrogens is 374 g/mol. The molecular formula is C20H21N5O2S.